The summed E-state index contributed by atoms with van der Waals surface area (Å²) in [6.07, 6.45) is 0. The van der Waals surface area contributed by atoms with Crippen molar-refractivity contribution in [1.29, 1.82) is 0 Å². The Hall–Kier alpha value is -3.78. The van der Waals surface area contributed by atoms with Gasteiger partial charge in [-0.25, -0.2) is 23.7 Å². The predicted octanol–water partition coefficient (Wildman–Crippen LogP) is 2.59. The zero-order chi connectivity index (χ0) is 20.1. The molecule has 0 aliphatic carbocycles. The highest BCUT2D eigenvalue weighted by molar-refractivity contribution is 7.17. The standard InChI is InChI=1S/C16H9O10P/c17-13(18)7-1-3-9(15(21)22)11(5-7)25-16(23)10-4-2-8(14(19)20)6-12(10)26-27-24/h1-6H,(H,17,18)(H,19,20)(H,21,22). The van der Waals surface area contributed by atoms with Crippen LogP contribution in [0, 0.1) is 0 Å². The lowest BCUT2D eigenvalue weighted by Crippen LogP contribution is -2.13. The average Bonchev–Trinajstić information content (AvgIpc) is 2.61. The fourth-order valence-electron chi connectivity index (χ4n) is 2.01. The van der Waals surface area contributed by atoms with E-state index in [1.807, 2.05) is 0 Å². The number of carboxylic acid groups (broad SMARTS) is 3. The second-order valence-electron chi connectivity index (χ2n) is 4.89. The summed E-state index contributed by atoms with van der Waals surface area (Å²) in [5, 5.41) is 27.1. The van der Waals surface area contributed by atoms with Crippen LogP contribution in [0.25, 0.3) is 0 Å². The van der Waals surface area contributed by atoms with Gasteiger partial charge in [-0.3, -0.25) is 0 Å². The second kappa shape index (κ2) is 8.07. The van der Waals surface area contributed by atoms with E-state index in [0.717, 1.165) is 36.4 Å². The number of carbonyl (C=O) groups excluding carboxylic acids is 1. The molecule has 2 aromatic rings. The summed E-state index contributed by atoms with van der Waals surface area (Å²) in [6, 6.07) is 5.83. The van der Waals surface area contributed by atoms with E-state index in [9.17, 15) is 23.7 Å². The topological polar surface area (TPSA) is 165 Å². The first-order valence-corrected chi connectivity index (χ1v) is 7.67. The van der Waals surface area contributed by atoms with Crippen LogP contribution in [0.1, 0.15) is 41.4 Å². The number of aromatic carboxylic acids is 3. The number of benzene rings is 2. The number of carboxylic acids is 3. The minimum absolute atomic E-state index is 0.260. The fraction of sp³-hybridized carbons (Fsp3) is 0. The third-order valence-electron chi connectivity index (χ3n) is 3.25. The van der Waals surface area contributed by atoms with Crippen LogP contribution in [0.4, 0.5) is 0 Å². The Morgan fingerprint density at radius 3 is 1.74 bits per heavy atom. The van der Waals surface area contributed by atoms with Crippen LogP contribution in [0.3, 0.4) is 0 Å². The van der Waals surface area contributed by atoms with E-state index in [2.05, 4.69) is 4.52 Å². The van der Waals surface area contributed by atoms with Crippen LogP contribution in [-0.2, 0) is 4.57 Å². The number of hydrogen-bond acceptors (Lipinski definition) is 7. The van der Waals surface area contributed by atoms with Gasteiger partial charge in [0.25, 0.3) is 0 Å². The molecule has 0 fully saturated rings. The van der Waals surface area contributed by atoms with Crippen LogP contribution >= 0.6 is 8.69 Å². The summed E-state index contributed by atoms with van der Waals surface area (Å²) >= 11 is 0. The van der Waals surface area contributed by atoms with Crippen LogP contribution in [-0.4, -0.2) is 39.2 Å². The van der Waals surface area contributed by atoms with E-state index in [4.69, 9.17) is 20.1 Å². The van der Waals surface area contributed by atoms with Crippen molar-refractivity contribution >= 4 is 32.6 Å². The first-order valence-electron chi connectivity index (χ1n) is 6.94. The maximum absolute atomic E-state index is 12.4. The van der Waals surface area contributed by atoms with Gasteiger partial charge in [0.15, 0.2) is 0 Å². The number of carbonyl (C=O) groups is 4. The quantitative estimate of drug-likeness (QED) is 0.362. The zero-order valence-corrected chi connectivity index (χ0v) is 14.0. The van der Waals surface area contributed by atoms with E-state index in [1.165, 1.54) is 0 Å². The fourth-order valence-corrected chi connectivity index (χ4v) is 2.24. The van der Waals surface area contributed by atoms with E-state index in [1.54, 1.807) is 0 Å². The molecule has 2 aromatic carbocycles. The molecular weight excluding hydrogens is 383 g/mol. The summed E-state index contributed by atoms with van der Waals surface area (Å²) in [4.78, 5) is 45.6. The molecule has 0 heterocycles. The van der Waals surface area contributed by atoms with Crippen molar-refractivity contribution < 1.29 is 48.3 Å². The average molecular weight is 392 g/mol. The Morgan fingerprint density at radius 1 is 0.741 bits per heavy atom. The van der Waals surface area contributed by atoms with Crippen LogP contribution < -0.4 is 9.26 Å². The smallest absolute Gasteiger partial charge is 0.395 e. The summed E-state index contributed by atoms with van der Waals surface area (Å²) in [5.74, 6) is -6.27. The van der Waals surface area contributed by atoms with E-state index >= 15 is 0 Å². The summed E-state index contributed by atoms with van der Waals surface area (Å²) in [6.45, 7) is 0. The van der Waals surface area contributed by atoms with Gasteiger partial charge in [-0.05, 0) is 36.4 Å². The summed E-state index contributed by atoms with van der Waals surface area (Å²) in [7, 11) is -0.874. The van der Waals surface area contributed by atoms with Gasteiger partial charge in [-0.1, -0.05) is 0 Å². The Bertz CT molecular complexity index is 966. The number of hydrogen-bond donors (Lipinski definition) is 3. The lowest BCUT2D eigenvalue weighted by atomic mass is 10.1. The summed E-state index contributed by atoms with van der Waals surface area (Å²) in [5.41, 5.74) is -1.40. The van der Waals surface area contributed by atoms with Crippen LogP contribution in [0.5, 0.6) is 11.5 Å². The number of ether oxygens (including phenoxy) is 1. The van der Waals surface area contributed by atoms with Crippen molar-refractivity contribution in [2.75, 3.05) is 0 Å². The number of rotatable bonds is 7. The van der Waals surface area contributed by atoms with Gasteiger partial charge < -0.3 is 24.6 Å². The van der Waals surface area contributed by atoms with Crippen molar-refractivity contribution in [3.05, 3.63) is 58.7 Å². The molecule has 2 rings (SSSR count). The molecule has 0 unspecified atom stereocenters. The second-order valence-corrected chi connectivity index (χ2v) is 5.22. The predicted molar refractivity (Wildman–Crippen MR) is 87.0 cm³/mol. The minimum Gasteiger partial charge on any atom is -0.478 e. The maximum atomic E-state index is 12.4. The Labute approximate surface area is 151 Å². The molecule has 0 aromatic heterocycles. The third-order valence-corrected chi connectivity index (χ3v) is 3.52. The summed E-state index contributed by atoms with van der Waals surface area (Å²) < 4.78 is 20.3. The molecule has 10 nitrogen and oxygen atoms in total. The molecule has 0 saturated heterocycles. The Morgan fingerprint density at radius 2 is 1.26 bits per heavy atom. The Balaban J connectivity index is 2.46. The molecule has 0 saturated carbocycles. The SMILES string of the molecule is O=POc1cc(C(=O)O)ccc1C(=O)Oc1cc(C(=O)O)ccc1C(=O)O. The first kappa shape index (κ1) is 19.5. The lowest BCUT2D eigenvalue weighted by molar-refractivity contribution is 0.0661. The van der Waals surface area contributed by atoms with Crippen molar-refractivity contribution in [1.82, 2.24) is 0 Å². The molecule has 0 atom stereocenters. The van der Waals surface area contributed by atoms with Crippen molar-refractivity contribution in [2.45, 2.75) is 0 Å². The minimum atomic E-state index is -1.47. The van der Waals surface area contributed by atoms with E-state index < -0.39 is 43.9 Å². The van der Waals surface area contributed by atoms with Gasteiger partial charge in [0.1, 0.15) is 22.6 Å². The first-order chi connectivity index (χ1) is 12.7. The molecule has 0 aliphatic heterocycles. The van der Waals surface area contributed by atoms with Gasteiger partial charge in [-0.2, -0.15) is 0 Å². The molecule has 138 valence electrons. The highest BCUT2D eigenvalue weighted by Gasteiger charge is 2.22. The third kappa shape index (κ3) is 4.44. The van der Waals surface area contributed by atoms with Gasteiger partial charge >= 0.3 is 32.6 Å². The number of esters is 1. The van der Waals surface area contributed by atoms with Gasteiger partial charge in [0.2, 0.25) is 0 Å². The van der Waals surface area contributed by atoms with Crippen molar-refractivity contribution in [2.24, 2.45) is 0 Å². The Kier molecular flexibility index (Phi) is 5.84. The van der Waals surface area contributed by atoms with Crippen LogP contribution in [0.15, 0.2) is 36.4 Å². The molecule has 0 aliphatic rings. The molecule has 27 heavy (non-hydrogen) atoms. The molecule has 0 amide bonds. The molecular formula is C16H9O10P. The van der Waals surface area contributed by atoms with Gasteiger partial charge in [0, 0.05) is 0 Å². The molecule has 11 heteroatoms. The highest BCUT2D eigenvalue weighted by Crippen LogP contribution is 2.27. The molecule has 0 radical (unpaired) electrons. The molecule has 0 spiro atoms. The maximum Gasteiger partial charge on any atom is 0.395 e. The van der Waals surface area contributed by atoms with Gasteiger partial charge in [0.05, 0.1) is 11.1 Å². The zero-order valence-electron chi connectivity index (χ0n) is 13.1. The van der Waals surface area contributed by atoms with E-state index in [-0.39, 0.29) is 22.4 Å². The molecule has 3 N–H and O–H groups in total. The van der Waals surface area contributed by atoms with E-state index in [0.29, 0.717) is 0 Å². The van der Waals surface area contributed by atoms with Crippen molar-refractivity contribution in [3.8, 4) is 11.5 Å². The highest BCUT2D eigenvalue weighted by atomic mass is 31.1. The van der Waals surface area contributed by atoms with Gasteiger partial charge in [-0.15, -0.1) is 0 Å². The van der Waals surface area contributed by atoms with Crippen molar-refractivity contribution in [3.63, 3.8) is 0 Å². The monoisotopic (exact) mass is 392 g/mol. The normalized spacial score (nSPS) is 10.2. The lowest BCUT2D eigenvalue weighted by Gasteiger charge is -2.10. The molecule has 0 bridgehead atoms. The van der Waals surface area contributed by atoms with Crippen LogP contribution in [0.2, 0.25) is 0 Å². The largest absolute Gasteiger partial charge is 0.478 e.